The van der Waals surface area contributed by atoms with E-state index < -0.39 is 0 Å². The van der Waals surface area contributed by atoms with Gasteiger partial charge >= 0.3 is 0 Å². The Balaban J connectivity index is 1.28. The second-order valence-electron chi connectivity index (χ2n) is 8.77. The predicted octanol–water partition coefficient (Wildman–Crippen LogP) is 7.09. The molecule has 2 aliphatic rings. The molecule has 1 fully saturated rings. The van der Waals surface area contributed by atoms with Crippen molar-refractivity contribution < 1.29 is 0 Å². The van der Waals surface area contributed by atoms with Crippen molar-refractivity contribution >= 4 is 17.7 Å². The summed E-state index contributed by atoms with van der Waals surface area (Å²) in [4.78, 5) is 2.67. The van der Waals surface area contributed by atoms with Gasteiger partial charge in [-0.1, -0.05) is 96.6 Å². The summed E-state index contributed by atoms with van der Waals surface area (Å²) in [6.45, 7) is 3.59. The summed E-state index contributed by atoms with van der Waals surface area (Å²) in [5, 5.41) is 0. The SMILES string of the molecule is C1=Cc2ccccc2C(=C2CCN(CCCCc3ccccc3)CC2)c2ccccc21. The normalized spacial score (nSPS) is 16.0. The Morgan fingerprint density at radius 1 is 0.613 bits per heavy atom. The van der Waals surface area contributed by atoms with Gasteiger partial charge in [0.05, 0.1) is 0 Å². The van der Waals surface area contributed by atoms with Crippen LogP contribution in [0, 0.1) is 0 Å². The summed E-state index contributed by atoms with van der Waals surface area (Å²) in [6.07, 6.45) is 10.7. The molecule has 3 aromatic rings. The second kappa shape index (κ2) is 9.49. The van der Waals surface area contributed by atoms with Gasteiger partial charge in [0.15, 0.2) is 0 Å². The molecule has 0 radical (unpaired) electrons. The Labute approximate surface area is 186 Å². The van der Waals surface area contributed by atoms with Crippen LogP contribution in [0.4, 0.5) is 0 Å². The maximum absolute atomic E-state index is 2.67. The predicted molar refractivity (Wildman–Crippen MR) is 133 cm³/mol. The maximum atomic E-state index is 2.67. The van der Waals surface area contributed by atoms with Crippen LogP contribution < -0.4 is 0 Å². The Bertz CT molecular complexity index is 1030. The molecule has 0 bridgehead atoms. The molecule has 31 heavy (non-hydrogen) atoms. The summed E-state index contributed by atoms with van der Waals surface area (Å²) in [6, 6.07) is 28.7. The third-order valence-electron chi connectivity index (χ3n) is 6.75. The van der Waals surface area contributed by atoms with E-state index in [0.717, 1.165) is 0 Å². The van der Waals surface area contributed by atoms with Gasteiger partial charge in [0.1, 0.15) is 0 Å². The Hall–Kier alpha value is -2.90. The third-order valence-corrected chi connectivity index (χ3v) is 6.75. The number of fused-ring (bicyclic) bond motifs is 2. The van der Waals surface area contributed by atoms with Crippen LogP contribution in [0.15, 0.2) is 84.4 Å². The van der Waals surface area contributed by atoms with Crippen molar-refractivity contribution in [3.63, 3.8) is 0 Å². The molecule has 0 atom stereocenters. The minimum absolute atomic E-state index is 1.18. The van der Waals surface area contributed by atoms with Gasteiger partial charge in [-0.3, -0.25) is 0 Å². The van der Waals surface area contributed by atoms with Crippen molar-refractivity contribution in [3.8, 4) is 0 Å². The number of nitrogens with zero attached hydrogens (tertiary/aromatic N) is 1. The van der Waals surface area contributed by atoms with Gasteiger partial charge in [-0.25, -0.2) is 0 Å². The lowest BCUT2D eigenvalue weighted by Gasteiger charge is -2.30. The fourth-order valence-corrected chi connectivity index (χ4v) is 5.05. The molecular weight excluding hydrogens is 374 g/mol. The fraction of sp³-hybridized carbons (Fsp3) is 0.267. The van der Waals surface area contributed by atoms with E-state index in [4.69, 9.17) is 0 Å². The quantitative estimate of drug-likeness (QED) is 0.320. The van der Waals surface area contributed by atoms with Crippen molar-refractivity contribution in [2.45, 2.75) is 32.1 Å². The first-order valence-electron chi connectivity index (χ1n) is 11.7. The van der Waals surface area contributed by atoms with Crippen LogP contribution in [0.2, 0.25) is 0 Å². The van der Waals surface area contributed by atoms with E-state index in [1.54, 1.807) is 5.57 Å². The van der Waals surface area contributed by atoms with Crippen molar-refractivity contribution in [3.05, 3.63) is 112 Å². The first-order chi connectivity index (χ1) is 15.4. The minimum Gasteiger partial charge on any atom is -0.303 e. The molecule has 1 aliphatic carbocycles. The smallest absolute Gasteiger partial charge is 0.00190 e. The van der Waals surface area contributed by atoms with Crippen LogP contribution in [-0.2, 0) is 6.42 Å². The number of rotatable bonds is 5. The van der Waals surface area contributed by atoms with E-state index in [1.165, 1.54) is 85.1 Å². The third kappa shape index (κ3) is 4.57. The number of unbranched alkanes of at least 4 members (excludes halogenated alkanes) is 1. The summed E-state index contributed by atoms with van der Waals surface area (Å²) in [7, 11) is 0. The molecule has 1 nitrogen and oxygen atoms in total. The maximum Gasteiger partial charge on any atom is 0.00190 e. The van der Waals surface area contributed by atoms with E-state index in [-0.39, 0.29) is 0 Å². The van der Waals surface area contributed by atoms with Gasteiger partial charge in [0, 0.05) is 13.1 Å². The molecule has 1 saturated heterocycles. The summed E-state index contributed by atoms with van der Waals surface area (Å²) in [5.41, 5.74) is 10.1. The molecule has 3 aromatic carbocycles. The first-order valence-corrected chi connectivity index (χ1v) is 11.7. The molecular formula is C30H31N. The van der Waals surface area contributed by atoms with Crippen molar-refractivity contribution in [2.24, 2.45) is 0 Å². The average molecular weight is 406 g/mol. The molecule has 156 valence electrons. The molecule has 1 aliphatic heterocycles. The Morgan fingerprint density at radius 2 is 1.19 bits per heavy atom. The fourth-order valence-electron chi connectivity index (χ4n) is 5.05. The van der Waals surface area contributed by atoms with Crippen LogP contribution >= 0.6 is 0 Å². The summed E-state index contributed by atoms with van der Waals surface area (Å²) in [5.74, 6) is 0. The lowest BCUT2D eigenvalue weighted by Crippen LogP contribution is -2.32. The van der Waals surface area contributed by atoms with Gasteiger partial charge in [0.25, 0.3) is 0 Å². The van der Waals surface area contributed by atoms with E-state index in [2.05, 4.69) is 95.9 Å². The van der Waals surface area contributed by atoms with Crippen LogP contribution in [0.5, 0.6) is 0 Å². The van der Waals surface area contributed by atoms with Gasteiger partial charge in [0.2, 0.25) is 0 Å². The Kier molecular flexibility index (Phi) is 6.13. The zero-order chi connectivity index (χ0) is 20.9. The largest absolute Gasteiger partial charge is 0.303 e. The molecule has 0 aromatic heterocycles. The van der Waals surface area contributed by atoms with Gasteiger partial charge in [-0.05, 0) is 72.0 Å². The highest BCUT2D eigenvalue weighted by Crippen LogP contribution is 2.38. The highest BCUT2D eigenvalue weighted by molar-refractivity contribution is 5.94. The van der Waals surface area contributed by atoms with Crippen LogP contribution in [-0.4, -0.2) is 24.5 Å². The Morgan fingerprint density at radius 3 is 1.84 bits per heavy atom. The number of benzene rings is 3. The van der Waals surface area contributed by atoms with Crippen LogP contribution in [0.25, 0.3) is 17.7 Å². The van der Waals surface area contributed by atoms with Crippen LogP contribution in [0.1, 0.15) is 53.5 Å². The van der Waals surface area contributed by atoms with Gasteiger partial charge in [-0.2, -0.15) is 0 Å². The van der Waals surface area contributed by atoms with Crippen molar-refractivity contribution in [1.29, 1.82) is 0 Å². The number of hydrogen-bond donors (Lipinski definition) is 0. The van der Waals surface area contributed by atoms with E-state index in [0.29, 0.717) is 0 Å². The molecule has 1 heterocycles. The topological polar surface area (TPSA) is 3.24 Å². The number of piperidine rings is 1. The highest BCUT2D eigenvalue weighted by Gasteiger charge is 2.22. The summed E-state index contributed by atoms with van der Waals surface area (Å²) < 4.78 is 0. The molecule has 0 unspecified atom stereocenters. The molecule has 0 saturated carbocycles. The standard InChI is InChI=1S/C30H31N/c1-2-10-24(11-3-1)12-8-9-21-31-22-19-27(20-23-31)30-28-15-6-4-13-25(28)17-18-26-14-5-7-16-29(26)30/h1-7,10-11,13-18H,8-9,12,19-23H2. The lowest BCUT2D eigenvalue weighted by molar-refractivity contribution is 0.252. The molecule has 0 amide bonds. The van der Waals surface area contributed by atoms with Crippen molar-refractivity contribution in [2.75, 3.05) is 19.6 Å². The zero-order valence-corrected chi connectivity index (χ0v) is 18.3. The van der Waals surface area contributed by atoms with E-state index in [9.17, 15) is 0 Å². The number of aryl methyl sites for hydroxylation is 1. The molecule has 5 rings (SSSR count). The number of hydrogen-bond acceptors (Lipinski definition) is 1. The molecule has 0 spiro atoms. The van der Waals surface area contributed by atoms with E-state index in [1.807, 2.05) is 0 Å². The average Bonchev–Trinajstić information content (AvgIpc) is 3.00. The number of likely N-dealkylation sites (tertiary alicyclic amines) is 1. The van der Waals surface area contributed by atoms with Crippen LogP contribution in [0.3, 0.4) is 0 Å². The summed E-state index contributed by atoms with van der Waals surface area (Å²) >= 11 is 0. The molecule has 0 N–H and O–H groups in total. The van der Waals surface area contributed by atoms with Gasteiger partial charge < -0.3 is 4.90 Å². The highest BCUT2D eigenvalue weighted by atomic mass is 15.1. The van der Waals surface area contributed by atoms with Gasteiger partial charge in [-0.15, -0.1) is 0 Å². The second-order valence-corrected chi connectivity index (χ2v) is 8.77. The monoisotopic (exact) mass is 405 g/mol. The minimum atomic E-state index is 1.18. The van der Waals surface area contributed by atoms with Crippen molar-refractivity contribution in [1.82, 2.24) is 4.90 Å². The van der Waals surface area contributed by atoms with E-state index >= 15 is 0 Å². The zero-order valence-electron chi connectivity index (χ0n) is 18.3. The first kappa shape index (κ1) is 20.0. The molecule has 1 heteroatoms. The lowest BCUT2D eigenvalue weighted by atomic mass is 9.86.